The number of carbonyl (C=O) groups excluding carboxylic acids is 1. The first-order valence-corrected chi connectivity index (χ1v) is 7.28. The zero-order chi connectivity index (χ0) is 13.0. The Bertz CT molecular complexity index is 380. The Hall–Kier alpha value is -0.910. The lowest BCUT2D eigenvalue weighted by molar-refractivity contribution is -0.131. The molecule has 2 heterocycles. The second kappa shape index (κ2) is 6.31. The molecule has 5 heteroatoms. The average Bonchev–Trinajstić information content (AvgIpc) is 3.00. The summed E-state index contributed by atoms with van der Waals surface area (Å²) in [7, 11) is 3.87. The summed E-state index contributed by atoms with van der Waals surface area (Å²) >= 11 is 1.67. The van der Waals surface area contributed by atoms with Gasteiger partial charge in [-0.15, -0.1) is 0 Å². The zero-order valence-corrected chi connectivity index (χ0v) is 11.9. The van der Waals surface area contributed by atoms with Crippen molar-refractivity contribution in [1.29, 1.82) is 0 Å². The summed E-state index contributed by atoms with van der Waals surface area (Å²) in [5.41, 5.74) is 1.21. The van der Waals surface area contributed by atoms with Gasteiger partial charge in [-0.05, 0) is 35.9 Å². The third-order valence-electron chi connectivity index (χ3n) is 3.47. The number of hydrogen-bond acceptors (Lipinski definition) is 4. The van der Waals surface area contributed by atoms with Gasteiger partial charge in [-0.1, -0.05) is 0 Å². The highest BCUT2D eigenvalue weighted by atomic mass is 32.1. The molecule has 0 saturated carbocycles. The summed E-state index contributed by atoms with van der Waals surface area (Å²) in [5.74, 6) is 0.206. The van der Waals surface area contributed by atoms with Gasteiger partial charge >= 0.3 is 0 Å². The minimum Gasteiger partial charge on any atom is -0.340 e. The number of rotatable bonds is 5. The Labute approximate surface area is 113 Å². The summed E-state index contributed by atoms with van der Waals surface area (Å²) < 4.78 is 0. The fourth-order valence-corrected chi connectivity index (χ4v) is 2.93. The standard InChI is InChI=1S/C13H21N3OS/c1-14-12-3-5-16(8-12)9-13(17)15(2)7-11-4-6-18-10-11/h4,6,10,12,14H,3,5,7-9H2,1-2H3. The van der Waals surface area contributed by atoms with Gasteiger partial charge in [0.25, 0.3) is 0 Å². The van der Waals surface area contributed by atoms with Crippen molar-refractivity contribution in [3.8, 4) is 0 Å². The predicted molar refractivity (Wildman–Crippen MR) is 74.7 cm³/mol. The van der Waals surface area contributed by atoms with Crippen LogP contribution in [0, 0.1) is 0 Å². The molecule has 1 amide bonds. The highest BCUT2D eigenvalue weighted by molar-refractivity contribution is 7.07. The van der Waals surface area contributed by atoms with E-state index in [1.54, 1.807) is 11.3 Å². The molecule has 1 N–H and O–H groups in total. The van der Waals surface area contributed by atoms with Crippen molar-refractivity contribution in [1.82, 2.24) is 15.1 Å². The highest BCUT2D eigenvalue weighted by Crippen LogP contribution is 2.11. The van der Waals surface area contributed by atoms with Gasteiger partial charge in [-0.25, -0.2) is 0 Å². The Morgan fingerprint density at radius 2 is 2.50 bits per heavy atom. The molecular weight excluding hydrogens is 246 g/mol. The summed E-state index contributed by atoms with van der Waals surface area (Å²) in [6.07, 6.45) is 1.14. The summed E-state index contributed by atoms with van der Waals surface area (Å²) in [5, 5.41) is 7.41. The molecule has 1 saturated heterocycles. The zero-order valence-electron chi connectivity index (χ0n) is 11.1. The van der Waals surface area contributed by atoms with E-state index in [1.165, 1.54) is 5.56 Å². The summed E-state index contributed by atoms with van der Waals surface area (Å²) in [4.78, 5) is 16.1. The van der Waals surface area contributed by atoms with Gasteiger partial charge in [0.1, 0.15) is 0 Å². The van der Waals surface area contributed by atoms with Crippen LogP contribution in [0.25, 0.3) is 0 Å². The van der Waals surface area contributed by atoms with Crippen molar-refractivity contribution in [2.75, 3.05) is 33.7 Å². The van der Waals surface area contributed by atoms with Gasteiger partial charge in [-0.3, -0.25) is 9.69 Å². The van der Waals surface area contributed by atoms with Crippen molar-refractivity contribution in [3.05, 3.63) is 22.4 Å². The van der Waals surface area contributed by atoms with Crippen LogP contribution in [0.1, 0.15) is 12.0 Å². The fraction of sp³-hybridized carbons (Fsp3) is 0.615. The Morgan fingerprint density at radius 1 is 1.67 bits per heavy atom. The molecule has 1 unspecified atom stereocenters. The molecule has 18 heavy (non-hydrogen) atoms. The average molecular weight is 267 g/mol. The Balaban J connectivity index is 1.77. The van der Waals surface area contributed by atoms with Crippen LogP contribution in [0.2, 0.25) is 0 Å². The van der Waals surface area contributed by atoms with Crippen LogP contribution < -0.4 is 5.32 Å². The van der Waals surface area contributed by atoms with Crippen LogP contribution in [-0.2, 0) is 11.3 Å². The fourth-order valence-electron chi connectivity index (χ4n) is 2.27. The molecular formula is C13H21N3OS. The number of hydrogen-bond donors (Lipinski definition) is 1. The van der Waals surface area contributed by atoms with Crippen LogP contribution >= 0.6 is 11.3 Å². The van der Waals surface area contributed by atoms with Gasteiger partial charge in [-0.2, -0.15) is 11.3 Å². The molecule has 0 aliphatic carbocycles. The number of amides is 1. The van der Waals surface area contributed by atoms with E-state index in [1.807, 2.05) is 24.4 Å². The monoisotopic (exact) mass is 267 g/mol. The molecule has 0 bridgehead atoms. The van der Waals surface area contributed by atoms with E-state index in [-0.39, 0.29) is 5.91 Å². The van der Waals surface area contributed by atoms with Crippen LogP contribution in [0.3, 0.4) is 0 Å². The van der Waals surface area contributed by atoms with Crippen molar-refractivity contribution < 1.29 is 4.79 Å². The van der Waals surface area contributed by atoms with E-state index < -0.39 is 0 Å². The maximum atomic E-state index is 12.1. The molecule has 1 aromatic heterocycles. The summed E-state index contributed by atoms with van der Waals surface area (Å²) in [6, 6.07) is 2.61. The van der Waals surface area contributed by atoms with E-state index in [0.29, 0.717) is 19.1 Å². The first-order valence-electron chi connectivity index (χ1n) is 6.33. The Morgan fingerprint density at radius 3 is 3.11 bits per heavy atom. The van der Waals surface area contributed by atoms with E-state index in [9.17, 15) is 4.79 Å². The van der Waals surface area contributed by atoms with Crippen LogP contribution in [0.15, 0.2) is 16.8 Å². The molecule has 1 aliphatic rings. The molecule has 2 rings (SSSR count). The molecule has 1 aromatic rings. The minimum atomic E-state index is 0.206. The third kappa shape index (κ3) is 3.54. The van der Waals surface area contributed by atoms with Crippen LogP contribution in [-0.4, -0.2) is 55.5 Å². The number of thiophene rings is 1. The van der Waals surface area contributed by atoms with Gasteiger partial charge in [0.05, 0.1) is 6.54 Å². The Kier molecular flexibility index (Phi) is 4.74. The number of carbonyl (C=O) groups is 1. The topological polar surface area (TPSA) is 35.6 Å². The van der Waals surface area contributed by atoms with E-state index in [2.05, 4.69) is 21.7 Å². The maximum Gasteiger partial charge on any atom is 0.236 e. The van der Waals surface area contributed by atoms with Gasteiger partial charge in [0.15, 0.2) is 0 Å². The number of likely N-dealkylation sites (tertiary alicyclic amines) is 1. The molecule has 0 spiro atoms. The van der Waals surface area contributed by atoms with Crippen molar-refractivity contribution >= 4 is 17.2 Å². The molecule has 1 fully saturated rings. The number of likely N-dealkylation sites (N-methyl/N-ethyl adjacent to an activating group) is 2. The van der Waals surface area contributed by atoms with Crippen molar-refractivity contribution in [2.24, 2.45) is 0 Å². The SMILES string of the molecule is CNC1CCN(CC(=O)N(C)Cc2ccsc2)C1. The normalized spacial score (nSPS) is 20.2. The first kappa shape index (κ1) is 13.5. The molecule has 100 valence electrons. The van der Waals surface area contributed by atoms with Gasteiger partial charge < -0.3 is 10.2 Å². The van der Waals surface area contributed by atoms with E-state index >= 15 is 0 Å². The molecule has 1 aliphatic heterocycles. The largest absolute Gasteiger partial charge is 0.340 e. The second-order valence-electron chi connectivity index (χ2n) is 4.89. The lowest BCUT2D eigenvalue weighted by Crippen LogP contribution is -2.38. The molecule has 0 aromatic carbocycles. The van der Waals surface area contributed by atoms with Crippen LogP contribution in [0.4, 0.5) is 0 Å². The first-order chi connectivity index (χ1) is 8.69. The summed E-state index contributed by atoms with van der Waals surface area (Å²) in [6.45, 7) is 3.25. The van der Waals surface area contributed by atoms with E-state index in [0.717, 1.165) is 19.5 Å². The number of nitrogens with zero attached hydrogens (tertiary/aromatic N) is 2. The lowest BCUT2D eigenvalue weighted by Gasteiger charge is -2.21. The highest BCUT2D eigenvalue weighted by Gasteiger charge is 2.23. The predicted octanol–water partition coefficient (Wildman–Crippen LogP) is 1.00. The van der Waals surface area contributed by atoms with Gasteiger partial charge in [0, 0.05) is 32.7 Å². The molecule has 1 atom stereocenters. The quantitative estimate of drug-likeness (QED) is 0.864. The smallest absolute Gasteiger partial charge is 0.236 e. The van der Waals surface area contributed by atoms with Crippen molar-refractivity contribution in [3.63, 3.8) is 0 Å². The lowest BCUT2D eigenvalue weighted by atomic mass is 10.3. The van der Waals surface area contributed by atoms with Crippen molar-refractivity contribution in [2.45, 2.75) is 19.0 Å². The number of nitrogens with one attached hydrogen (secondary N) is 1. The second-order valence-corrected chi connectivity index (χ2v) is 5.67. The minimum absolute atomic E-state index is 0.206. The molecule has 0 radical (unpaired) electrons. The van der Waals surface area contributed by atoms with E-state index in [4.69, 9.17) is 0 Å². The molecule has 4 nitrogen and oxygen atoms in total. The third-order valence-corrected chi connectivity index (χ3v) is 4.20. The maximum absolute atomic E-state index is 12.1. The van der Waals surface area contributed by atoms with Gasteiger partial charge in [0.2, 0.25) is 5.91 Å². The van der Waals surface area contributed by atoms with Crippen LogP contribution in [0.5, 0.6) is 0 Å².